The van der Waals surface area contributed by atoms with Crippen molar-refractivity contribution in [2.24, 2.45) is 0 Å². The summed E-state index contributed by atoms with van der Waals surface area (Å²) < 4.78 is 5.13. The zero-order chi connectivity index (χ0) is 22.3. The van der Waals surface area contributed by atoms with Crippen molar-refractivity contribution in [2.45, 2.75) is 6.54 Å². The van der Waals surface area contributed by atoms with Gasteiger partial charge in [-0.05, 0) is 42.0 Å². The van der Waals surface area contributed by atoms with Crippen molar-refractivity contribution < 1.29 is 14.3 Å². The van der Waals surface area contributed by atoms with Gasteiger partial charge in [0.05, 0.1) is 30.4 Å². The molecule has 32 heavy (non-hydrogen) atoms. The first-order valence-corrected chi connectivity index (χ1v) is 10.1. The van der Waals surface area contributed by atoms with Crippen LogP contribution < -0.4 is 15.4 Å². The molecule has 4 rings (SSSR count). The number of carbonyl (C=O) groups is 2. The summed E-state index contributed by atoms with van der Waals surface area (Å²) in [5.41, 5.74) is 3.63. The van der Waals surface area contributed by atoms with Gasteiger partial charge in [-0.25, -0.2) is 4.98 Å². The summed E-state index contributed by atoms with van der Waals surface area (Å²) in [5.74, 6) is 0.142. The number of hydrogen-bond donors (Lipinski definition) is 2. The molecule has 2 aromatic heterocycles. The van der Waals surface area contributed by atoms with Gasteiger partial charge < -0.3 is 15.4 Å². The number of amides is 2. The molecule has 2 amide bonds. The number of nitrogens with zero attached hydrogens (tertiary/aromatic N) is 2. The molecule has 0 saturated carbocycles. The second-order valence-electron chi connectivity index (χ2n) is 7.12. The number of nitrogens with one attached hydrogen (secondary N) is 2. The standard InChI is InChI=1S/C25H22N4O3/c1-32-19-8-6-17(7-9-19)15-27-24(30)16-28-25(31)21-14-23(18-10-12-26-13-11-18)29-22-5-3-2-4-20(21)22/h2-14H,15-16H2,1H3,(H,27,30)(H,28,31). The summed E-state index contributed by atoms with van der Waals surface area (Å²) in [4.78, 5) is 33.9. The molecular weight excluding hydrogens is 404 g/mol. The number of aromatic nitrogens is 2. The van der Waals surface area contributed by atoms with Crippen molar-refractivity contribution in [2.75, 3.05) is 13.7 Å². The van der Waals surface area contributed by atoms with E-state index in [1.807, 2.05) is 60.7 Å². The molecule has 2 heterocycles. The molecule has 0 aliphatic rings. The van der Waals surface area contributed by atoms with Crippen LogP contribution in [0.4, 0.5) is 0 Å². The van der Waals surface area contributed by atoms with Gasteiger partial charge in [-0.2, -0.15) is 0 Å². The van der Waals surface area contributed by atoms with Crippen LogP contribution in [0.3, 0.4) is 0 Å². The van der Waals surface area contributed by atoms with Crippen LogP contribution in [0.1, 0.15) is 15.9 Å². The fraction of sp³-hybridized carbons (Fsp3) is 0.120. The SMILES string of the molecule is COc1ccc(CNC(=O)CNC(=O)c2cc(-c3ccncc3)nc3ccccc23)cc1. The zero-order valence-electron chi connectivity index (χ0n) is 17.5. The van der Waals surface area contributed by atoms with Gasteiger partial charge in [-0.15, -0.1) is 0 Å². The number of pyridine rings is 2. The Morgan fingerprint density at radius 3 is 2.44 bits per heavy atom. The molecule has 2 N–H and O–H groups in total. The number of carbonyl (C=O) groups excluding carboxylic acids is 2. The van der Waals surface area contributed by atoms with Crippen molar-refractivity contribution in [3.63, 3.8) is 0 Å². The number of methoxy groups -OCH3 is 1. The van der Waals surface area contributed by atoms with Gasteiger partial charge in [0.1, 0.15) is 5.75 Å². The molecule has 0 spiro atoms. The Labute approximate surface area is 185 Å². The Morgan fingerprint density at radius 1 is 0.938 bits per heavy atom. The van der Waals surface area contributed by atoms with Gasteiger partial charge in [-0.1, -0.05) is 30.3 Å². The minimum absolute atomic E-state index is 0.129. The third-order valence-electron chi connectivity index (χ3n) is 5.00. The normalized spacial score (nSPS) is 10.5. The molecule has 4 aromatic rings. The molecule has 0 atom stereocenters. The lowest BCUT2D eigenvalue weighted by Crippen LogP contribution is -2.36. The number of benzene rings is 2. The molecule has 0 radical (unpaired) electrons. The van der Waals surface area contributed by atoms with Crippen LogP contribution >= 0.6 is 0 Å². The second kappa shape index (κ2) is 9.70. The van der Waals surface area contributed by atoms with Gasteiger partial charge in [0, 0.05) is 29.9 Å². The first-order valence-electron chi connectivity index (χ1n) is 10.1. The van der Waals surface area contributed by atoms with E-state index in [2.05, 4.69) is 20.6 Å². The molecule has 7 nitrogen and oxygen atoms in total. The van der Waals surface area contributed by atoms with E-state index in [1.54, 1.807) is 25.6 Å². The van der Waals surface area contributed by atoms with E-state index in [9.17, 15) is 9.59 Å². The first-order chi connectivity index (χ1) is 15.6. The maximum absolute atomic E-state index is 12.9. The van der Waals surface area contributed by atoms with Crippen molar-refractivity contribution in [3.05, 3.63) is 90.3 Å². The largest absolute Gasteiger partial charge is 0.497 e. The van der Waals surface area contributed by atoms with Gasteiger partial charge in [-0.3, -0.25) is 14.6 Å². The molecule has 160 valence electrons. The van der Waals surface area contributed by atoms with Crippen LogP contribution in [0.5, 0.6) is 5.75 Å². The van der Waals surface area contributed by atoms with E-state index < -0.39 is 0 Å². The monoisotopic (exact) mass is 426 g/mol. The molecule has 0 aliphatic heterocycles. The summed E-state index contributed by atoms with van der Waals surface area (Å²) in [6, 6.07) is 20.3. The first kappa shape index (κ1) is 21.0. The average Bonchev–Trinajstić information content (AvgIpc) is 2.86. The highest BCUT2D eigenvalue weighted by molar-refractivity contribution is 6.08. The summed E-state index contributed by atoms with van der Waals surface area (Å²) in [6.07, 6.45) is 3.36. The van der Waals surface area contributed by atoms with Crippen LogP contribution in [-0.4, -0.2) is 35.4 Å². The lowest BCUT2D eigenvalue weighted by Gasteiger charge is -2.11. The third kappa shape index (κ3) is 4.89. The number of hydrogen-bond acceptors (Lipinski definition) is 5. The quantitative estimate of drug-likeness (QED) is 0.473. The summed E-state index contributed by atoms with van der Waals surface area (Å²) in [5, 5.41) is 6.24. The third-order valence-corrected chi connectivity index (χ3v) is 5.00. The molecule has 7 heteroatoms. The van der Waals surface area contributed by atoms with Crippen molar-refractivity contribution >= 4 is 22.7 Å². The van der Waals surface area contributed by atoms with Gasteiger partial charge in [0.25, 0.3) is 5.91 Å². The number of rotatable bonds is 7. The number of fused-ring (bicyclic) bond motifs is 1. The lowest BCUT2D eigenvalue weighted by atomic mass is 10.0. The van der Waals surface area contributed by atoms with Gasteiger partial charge in [0.15, 0.2) is 0 Å². The summed E-state index contributed by atoms with van der Waals surface area (Å²) >= 11 is 0. The highest BCUT2D eigenvalue weighted by atomic mass is 16.5. The van der Waals surface area contributed by atoms with Crippen LogP contribution in [0.25, 0.3) is 22.2 Å². The number of para-hydroxylation sites is 1. The summed E-state index contributed by atoms with van der Waals surface area (Å²) in [7, 11) is 1.60. The molecule has 0 bridgehead atoms. The minimum atomic E-state index is -0.335. The van der Waals surface area contributed by atoms with Crippen molar-refractivity contribution in [3.8, 4) is 17.0 Å². The Hall–Kier alpha value is -4.26. The fourth-order valence-corrected chi connectivity index (χ4v) is 3.30. The van der Waals surface area contributed by atoms with E-state index in [-0.39, 0.29) is 18.4 Å². The fourth-order valence-electron chi connectivity index (χ4n) is 3.30. The molecular formula is C25H22N4O3. The molecule has 0 aliphatic carbocycles. The van der Waals surface area contributed by atoms with E-state index in [0.717, 1.165) is 22.3 Å². The zero-order valence-corrected chi connectivity index (χ0v) is 17.5. The Morgan fingerprint density at radius 2 is 1.69 bits per heavy atom. The smallest absolute Gasteiger partial charge is 0.252 e. The Bertz CT molecular complexity index is 1240. The Kier molecular flexibility index (Phi) is 6.36. The van der Waals surface area contributed by atoms with Crippen LogP contribution in [0, 0.1) is 0 Å². The van der Waals surface area contributed by atoms with E-state index in [0.29, 0.717) is 23.3 Å². The highest BCUT2D eigenvalue weighted by Crippen LogP contribution is 2.24. The molecule has 2 aromatic carbocycles. The van der Waals surface area contributed by atoms with E-state index >= 15 is 0 Å². The molecule has 0 saturated heterocycles. The number of ether oxygens (including phenoxy) is 1. The summed E-state index contributed by atoms with van der Waals surface area (Å²) in [6.45, 7) is 0.235. The van der Waals surface area contributed by atoms with Crippen molar-refractivity contribution in [1.29, 1.82) is 0 Å². The van der Waals surface area contributed by atoms with Crippen LogP contribution in [-0.2, 0) is 11.3 Å². The van der Waals surface area contributed by atoms with Crippen molar-refractivity contribution in [1.82, 2.24) is 20.6 Å². The van der Waals surface area contributed by atoms with Gasteiger partial charge in [0.2, 0.25) is 5.91 Å². The van der Waals surface area contributed by atoms with Crippen LogP contribution in [0.2, 0.25) is 0 Å². The second-order valence-corrected chi connectivity index (χ2v) is 7.12. The van der Waals surface area contributed by atoms with E-state index in [4.69, 9.17) is 4.74 Å². The van der Waals surface area contributed by atoms with Gasteiger partial charge >= 0.3 is 0 Å². The predicted molar refractivity (Wildman–Crippen MR) is 122 cm³/mol. The molecule has 0 unspecified atom stereocenters. The average molecular weight is 426 g/mol. The maximum atomic E-state index is 12.9. The van der Waals surface area contributed by atoms with E-state index in [1.165, 1.54) is 0 Å². The highest BCUT2D eigenvalue weighted by Gasteiger charge is 2.15. The van der Waals surface area contributed by atoms with Crippen LogP contribution in [0.15, 0.2) is 79.1 Å². The molecule has 0 fully saturated rings. The maximum Gasteiger partial charge on any atom is 0.252 e. The Balaban J connectivity index is 1.45. The minimum Gasteiger partial charge on any atom is -0.497 e. The topological polar surface area (TPSA) is 93.2 Å². The predicted octanol–water partition coefficient (Wildman–Crippen LogP) is 3.35. The lowest BCUT2D eigenvalue weighted by molar-refractivity contribution is -0.120.